The van der Waals surface area contributed by atoms with Gasteiger partial charge in [0, 0.05) is 48.9 Å². The molecule has 0 spiro atoms. The Morgan fingerprint density at radius 3 is 2.09 bits per heavy atom. The molecule has 0 unspecified atom stereocenters. The number of pyridine rings is 1. The van der Waals surface area contributed by atoms with Gasteiger partial charge in [-0.3, -0.25) is 19.4 Å². The Balaban J connectivity index is 0.826. The van der Waals surface area contributed by atoms with Crippen LogP contribution in [-0.2, 0) is 27.3 Å². The summed E-state index contributed by atoms with van der Waals surface area (Å²) in [7, 11) is 0. The van der Waals surface area contributed by atoms with Crippen molar-refractivity contribution < 1.29 is 19.1 Å². The van der Waals surface area contributed by atoms with Gasteiger partial charge in [0.1, 0.15) is 5.75 Å². The van der Waals surface area contributed by atoms with E-state index >= 15 is 0 Å². The van der Waals surface area contributed by atoms with E-state index in [1.807, 2.05) is 66.7 Å². The molecule has 0 radical (unpaired) electrons. The highest BCUT2D eigenvalue weighted by molar-refractivity contribution is 5.79. The summed E-state index contributed by atoms with van der Waals surface area (Å²) in [6, 6.07) is 21.5. The van der Waals surface area contributed by atoms with Gasteiger partial charge in [0.25, 0.3) is 0 Å². The highest BCUT2D eigenvalue weighted by Gasteiger charge is 2.51. The van der Waals surface area contributed by atoms with Crippen molar-refractivity contribution in [2.24, 2.45) is 17.8 Å². The average Bonchev–Trinajstić information content (AvgIpc) is 3.04. The second-order valence-electron chi connectivity index (χ2n) is 13.7. The lowest BCUT2D eigenvalue weighted by molar-refractivity contribution is -0.127. The van der Waals surface area contributed by atoms with Crippen molar-refractivity contribution in [2.45, 2.75) is 82.7 Å². The molecule has 242 valence electrons. The Bertz CT molecular complexity index is 1440. The smallest absolute Gasteiger partial charge is 0.226 e. The third-order valence-corrected chi connectivity index (χ3v) is 9.85. The molecule has 8 nitrogen and oxygen atoms in total. The Hall–Kier alpha value is -4.20. The van der Waals surface area contributed by atoms with Gasteiger partial charge in [-0.25, -0.2) is 0 Å². The largest absolute Gasteiger partial charge is 0.494 e. The molecule has 7 rings (SSSR count). The highest BCUT2D eigenvalue weighted by atomic mass is 16.5. The summed E-state index contributed by atoms with van der Waals surface area (Å²) >= 11 is 0. The molecule has 0 saturated heterocycles. The van der Waals surface area contributed by atoms with Gasteiger partial charge in [0.2, 0.25) is 17.7 Å². The predicted octanol–water partition coefficient (Wildman–Crippen LogP) is 5.75. The number of amides is 3. The number of carbonyl (C=O) groups excluding carboxylic acids is 3. The van der Waals surface area contributed by atoms with Gasteiger partial charge in [-0.1, -0.05) is 48.5 Å². The number of hydrogen-bond acceptors (Lipinski definition) is 5. The fraction of sp³-hybridized carbons (Fsp3) is 0.474. The Labute approximate surface area is 272 Å². The maximum atomic E-state index is 12.7. The fourth-order valence-corrected chi connectivity index (χ4v) is 8.08. The molecule has 8 heteroatoms. The maximum absolute atomic E-state index is 12.7. The van der Waals surface area contributed by atoms with Gasteiger partial charge in [-0.15, -0.1) is 0 Å². The van der Waals surface area contributed by atoms with E-state index in [4.69, 9.17) is 4.74 Å². The van der Waals surface area contributed by atoms with Crippen molar-refractivity contribution in [1.82, 2.24) is 20.9 Å². The van der Waals surface area contributed by atoms with Crippen LogP contribution in [0.4, 0.5) is 0 Å². The van der Waals surface area contributed by atoms with Crippen molar-refractivity contribution in [3.63, 3.8) is 0 Å². The summed E-state index contributed by atoms with van der Waals surface area (Å²) in [4.78, 5) is 41.7. The molecule has 3 aromatic rings. The second kappa shape index (κ2) is 14.9. The molecule has 1 aromatic heterocycles. The standard InChI is InChI=1S/C38H46N4O4/c43-35(8-4-9-36(44)42-38-22-28-18-29(23-38)20-30(19-28)24-38)39-16-5-17-46-34-14-11-31(12-15-34)32-10-13-33(40-26-32)21-37(45)41-25-27-6-2-1-3-7-27/h1-3,6-7,10-15,26,28-30H,4-5,8-9,16-25H2,(H,39,43)(H,41,45)(H,42,44). The predicted molar refractivity (Wildman–Crippen MR) is 178 cm³/mol. The molecule has 3 N–H and O–H groups in total. The normalized spacial score (nSPS) is 22.7. The molecule has 4 bridgehead atoms. The molecular weight excluding hydrogens is 576 g/mol. The van der Waals surface area contributed by atoms with Gasteiger partial charge in [-0.2, -0.15) is 0 Å². The summed E-state index contributed by atoms with van der Waals surface area (Å²) in [6.45, 7) is 1.54. The van der Waals surface area contributed by atoms with Crippen LogP contribution in [0.1, 0.15) is 75.5 Å². The summed E-state index contributed by atoms with van der Waals surface area (Å²) in [6.07, 6.45) is 11.6. The number of nitrogens with one attached hydrogen (secondary N) is 3. The Morgan fingerprint density at radius 1 is 0.739 bits per heavy atom. The van der Waals surface area contributed by atoms with Gasteiger partial charge in [0.05, 0.1) is 13.0 Å². The third kappa shape index (κ3) is 8.74. The number of carbonyl (C=O) groups is 3. The van der Waals surface area contributed by atoms with Crippen LogP contribution in [0.3, 0.4) is 0 Å². The molecular formula is C38H46N4O4. The van der Waals surface area contributed by atoms with Crippen molar-refractivity contribution >= 4 is 17.7 Å². The lowest BCUT2D eigenvalue weighted by Crippen LogP contribution is -2.59. The molecule has 0 atom stereocenters. The fourth-order valence-electron chi connectivity index (χ4n) is 8.08. The average molecular weight is 623 g/mol. The lowest BCUT2D eigenvalue weighted by Gasteiger charge is -2.56. The summed E-state index contributed by atoms with van der Waals surface area (Å²) in [5, 5.41) is 9.28. The molecule has 0 aliphatic heterocycles. The summed E-state index contributed by atoms with van der Waals surface area (Å²) in [5.74, 6) is 3.22. The molecule has 4 aliphatic carbocycles. The SMILES string of the molecule is O=C(CCCC(=O)NC12CC3CC(CC(C3)C1)C2)NCCCOc1ccc(-c2ccc(CC(=O)NCc3ccccc3)nc2)cc1. The Morgan fingerprint density at radius 2 is 1.41 bits per heavy atom. The topological polar surface area (TPSA) is 109 Å². The highest BCUT2D eigenvalue weighted by Crippen LogP contribution is 2.55. The minimum atomic E-state index is -0.0587. The zero-order chi connectivity index (χ0) is 31.8. The number of aromatic nitrogens is 1. The van der Waals surface area contributed by atoms with Crippen LogP contribution in [0, 0.1) is 17.8 Å². The first kappa shape index (κ1) is 31.8. The van der Waals surface area contributed by atoms with E-state index in [1.54, 1.807) is 6.20 Å². The molecule has 4 saturated carbocycles. The number of benzene rings is 2. The van der Waals surface area contributed by atoms with Crippen LogP contribution in [0.2, 0.25) is 0 Å². The van der Waals surface area contributed by atoms with E-state index in [0.717, 1.165) is 65.1 Å². The number of hydrogen-bond donors (Lipinski definition) is 3. The molecule has 4 fully saturated rings. The van der Waals surface area contributed by atoms with E-state index in [9.17, 15) is 14.4 Å². The summed E-state index contributed by atoms with van der Waals surface area (Å²) in [5.41, 5.74) is 3.81. The van der Waals surface area contributed by atoms with Crippen LogP contribution >= 0.6 is 0 Å². The first-order chi connectivity index (χ1) is 22.4. The molecule has 2 aromatic carbocycles. The minimum Gasteiger partial charge on any atom is -0.494 e. The van der Waals surface area contributed by atoms with Gasteiger partial charge in [-0.05, 0) is 98.4 Å². The van der Waals surface area contributed by atoms with Crippen molar-refractivity contribution in [1.29, 1.82) is 0 Å². The van der Waals surface area contributed by atoms with Crippen LogP contribution < -0.4 is 20.7 Å². The zero-order valence-corrected chi connectivity index (χ0v) is 26.6. The first-order valence-electron chi connectivity index (χ1n) is 17.0. The third-order valence-electron chi connectivity index (χ3n) is 9.85. The van der Waals surface area contributed by atoms with E-state index in [0.29, 0.717) is 45.4 Å². The van der Waals surface area contributed by atoms with E-state index in [-0.39, 0.29) is 29.7 Å². The van der Waals surface area contributed by atoms with Crippen LogP contribution in [0.25, 0.3) is 11.1 Å². The van der Waals surface area contributed by atoms with Crippen molar-refractivity contribution in [2.75, 3.05) is 13.2 Å². The van der Waals surface area contributed by atoms with Crippen LogP contribution in [0.5, 0.6) is 5.75 Å². The van der Waals surface area contributed by atoms with Crippen LogP contribution in [-0.4, -0.2) is 41.4 Å². The van der Waals surface area contributed by atoms with Crippen molar-refractivity contribution in [3.05, 3.63) is 84.2 Å². The second-order valence-corrected chi connectivity index (χ2v) is 13.7. The number of ether oxygens (including phenoxy) is 1. The molecule has 1 heterocycles. The quantitative estimate of drug-likeness (QED) is 0.187. The maximum Gasteiger partial charge on any atom is 0.226 e. The monoisotopic (exact) mass is 622 g/mol. The van der Waals surface area contributed by atoms with Gasteiger partial charge >= 0.3 is 0 Å². The number of nitrogens with zero attached hydrogens (tertiary/aromatic N) is 1. The molecule has 4 aliphatic rings. The lowest BCUT2D eigenvalue weighted by atomic mass is 9.53. The minimum absolute atomic E-state index is 0.0144. The Kier molecular flexibility index (Phi) is 10.3. The van der Waals surface area contributed by atoms with Crippen LogP contribution in [0.15, 0.2) is 72.9 Å². The van der Waals surface area contributed by atoms with E-state index in [1.165, 1.54) is 19.3 Å². The van der Waals surface area contributed by atoms with E-state index in [2.05, 4.69) is 20.9 Å². The first-order valence-corrected chi connectivity index (χ1v) is 17.0. The zero-order valence-electron chi connectivity index (χ0n) is 26.6. The molecule has 46 heavy (non-hydrogen) atoms. The summed E-state index contributed by atoms with van der Waals surface area (Å²) < 4.78 is 5.86. The van der Waals surface area contributed by atoms with Crippen molar-refractivity contribution in [3.8, 4) is 16.9 Å². The van der Waals surface area contributed by atoms with Gasteiger partial charge < -0.3 is 20.7 Å². The number of rotatable bonds is 15. The molecule has 3 amide bonds. The van der Waals surface area contributed by atoms with E-state index < -0.39 is 0 Å². The van der Waals surface area contributed by atoms with Gasteiger partial charge in [0.15, 0.2) is 0 Å².